The number of ether oxygens (including phenoxy) is 1. The van der Waals surface area contributed by atoms with E-state index in [0.29, 0.717) is 19.6 Å². The van der Waals surface area contributed by atoms with Crippen LogP contribution >= 0.6 is 11.5 Å². The normalized spacial score (nSPS) is 10.5. The smallest absolute Gasteiger partial charge is 0.325 e. The second kappa shape index (κ2) is 9.10. The number of carbonyl (C=O) groups excluding carboxylic acids is 1. The monoisotopic (exact) mass is 367 g/mol. The van der Waals surface area contributed by atoms with Crippen LogP contribution in [0.2, 0.25) is 0 Å². The molecule has 134 valence electrons. The third kappa shape index (κ3) is 5.13. The highest BCUT2D eigenvalue weighted by molar-refractivity contribution is 7.09. The van der Waals surface area contributed by atoms with E-state index in [0.717, 1.165) is 22.1 Å². The minimum absolute atomic E-state index is 0.155. The Morgan fingerprint density at radius 2 is 1.69 bits per heavy atom. The average molecular weight is 367 g/mol. The average Bonchev–Trinajstić information content (AvgIpc) is 3.11. The summed E-state index contributed by atoms with van der Waals surface area (Å²) in [4.78, 5) is 18.6. The van der Waals surface area contributed by atoms with E-state index >= 15 is 0 Å². The predicted octanol–water partition coefficient (Wildman–Crippen LogP) is 3.70. The SMILES string of the molecule is CCOC(=O)CN(Cc1ccccc1)c1nc(Cc2ccccc2)ns1. The fraction of sp³-hybridized carbons (Fsp3) is 0.250. The minimum Gasteiger partial charge on any atom is -0.465 e. The van der Waals surface area contributed by atoms with Crippen molar-refractivity contribution in [3.05, 3.63) is 77.6 Å². The summed E-state index contributed by atoms with van der Waals surface area (Å²) >= 11 is 1.31. The van der Waals surface area contributed by atoms with Gasteiger partial charge in [-0.15, -0.1) is 0 Å². The lowest BCUT2D eigenvalue weighted by Gasteiger charge is -2.20. The molecule has 0 radical (unpaired) electrons. The molecule has 0 saturated carbocycles. The van der Waals surface area contributed by atoms with Crippen molar-refractivity contribution in [1.82, 2.24) is 9.36 Å². The Labute approximate surface area is 157 Å². The first-order valence-electron chi connectivity index (χ1n) is 8.55. The topological polar surface area (TPSA) is 55.3 Å². The maximum absolute atomic E-state index is 12.0. The van der Waals surface area contributed by atoms with E-state index in [1.165, 1.54) is 11.5 Å². The molecule has 0 saturated heterocycles. The van der Waals surface area contributed by atoms with Crippen LogP contribution < -0.4 is 4.90 Å². The van der Waals surface area contributed by atoms with Gasteiger partial charge in [0.05, 0.1) is 6.61 Å². The number of hydrogen-bond donors (Lipinski definition) is 0. The van der Waals surface area contributed by atoms with E-state index in [9.17, 15) is 4.79 Å². The van der Waals surface area contributed by atoms with Gasteiger partial charge >= 0.3 is 5.97 Å². The first kappa shape index (κ1) is 18.1. The number of benzene rings is 2. The summed E-state index contributed by atoms with van der Waals surface area (Å²) < 4.78 is 9.57. The molecule has 0 aliphatic carbocycles. The van der Waals surface area contributed by atoms with Crippen LogP contribution in [-0.4, -0.2) is 28.5 Å². The molecule has 2 aromatic carbocycles. The van der Waals surface area contributed by atoms with Gasteiger partial charge in [-0.25, -0.2) is 4.98 Å². The van der Waals surface area contributed by atoms with Crippen molar-refractivity contribution in [2.75, 3.05) is 18.1 Å². The molecule has 1 heterocycles. The summed E-state index contributed by atoms with van der Waals surface area (Å²) in [5.74, 6) is 0.501. The summed E-state index contributed by atoms with van der Waals surface area (Å²) in [6, 6.07) is 20.1. The van der Waals surface area contributed by atoms with Crippen LogP contribution in [-0.2, 0) is 22.5 Å². The van der Waals surface area contributed by atoms with Crippen LogP contribution in [0.1, 0.15) is 23.9 Å². The van der Waals surface area contributed by atoms with Gasteiger partial charge in [-0.3, -0.25) is 4.79 Å². The molecule has 0 amide bonds. The Morgan fingerprint density at radius 3 is 2.35 bits per heavy atom. The highest BCUT2D eigenvalue weighted by Crippen LogP contribution is 2.21. The Hall–Kier alpha value is -2.73. The number of carbonyl (C=O) groups is 1. The zero-order valence-corrected chi connectivity index (χ0v) is 15.5. The van der Waals surface area contributed by atoms with E-state index in [-0.39, 0.29) is 12.5 Å². The van der Waals surface area contributed by atoms with E-state index in [4.69, 9.17) is 4.74 Å². The van der Waals surface area contributed by atoms with Crippen LogP contribution in [0.4, 0.5) is 5.13 Å². The highest BCUT2D eigenvalue weighted by Gasteiger charge is 2.17. The lowest BCUT2D eigenvalue weighted by atomic mass is 10.1. The second-order valence-corrected chi connectivity index (χ2v) is 6.53. The molecule has 0 atom stereocenters. The first-order valence-corrected chi connectivity index (χ1v) is 9.33. The number of anilines is 1. The fourth-order valence-electron chi connectivity index (χ4n) is 2.58. The molecule has 0 fully saturated rings. The van der Waals surface area contributed by atoms with Crippen LogP contribution in [0.15, 0.2) is 60.7 Å². The molecule has 0 aliphatic rings. The summed E-state index contributed by atoms with van der Waals surface area (Å²) in [6.45, 7) is 2.91. The standard InChI is InChI=1S/C20H21N3O2S/c1-2-25-19(24)15-23(14-17-11-7-4-8-12-17)20-21-18(22-26-20)13-16-9-5-3-6-10-16/h3-12H,2,13-15H2,1H3. The fourth-order valence-corrected chi connectivity index (χ4v) is 3.26. The molecule has 3 aromatic rings. The van der Waals surface area contributed by atoms with Gasteiger partial charge in [0.2, 0.25) is 5.13 Å². The van der Waals surface area contributed by atoms with Crippen LogP contribution in [0.3, 0.4) is 0 Å². The zero-order valence-electron chi connectivity index (χ0n) is 14.7. The Morgan fingerprint density at radius 1 is 1.04 bits per heavy atom. The molecule has 6 heteroatoms. The molecule has 0 spiro atoms. The number of esters is 1. The highest BCUT2D eigenvalue weighted by atomic mass is 32.1. The van der Waals surface area contributed by atoms with E-state index in [1.54, 1.807) is 0 Å². The number of aromatic nitrogens is 2. The molecule has 0 unspecified atom stereocenters. The van der Waals surface area contributed by atoms with Crippen molar-refractivity contribution in [2.45, 2.75) is 19.9 Å². The van der Waals surface area contributed by atoms with Crippen molar-refractivity contribution < 1.29 is 9.53 Å². The molecular weight excluding hydrogens is 346 g/mol. The number of nitrogens with zero attached hydrogens (tertiary/aromatic N) is 3. The first-order chi connectivity index (χ1) is 12.7. The van der Waals surface area contributed by atoms with Gasteiger partial charge in [0, 0.05) is 24.5 Å². The van der Waals surface area contributed by atoms with Gasteiger partial charge in [0.25, 0.3) is 0 Å². The molecule has 1 aromatic heterocycles. The van der Waals surface area contributed by atoms with Crippen molar-refractivity contribution in [1.29, 1.82) is 0 Å². The van der Waals surface area contributed by atoms with Gasteiger partial charge in [-0.2, -0.15) is 4.37 Å². The van der Waals surface area contributed by atoms with Crippen LogP contribution in [0.5, 0.6) is 0 Å². The number of hydrogen-bond acceptors (Lipinski definition) is 6. The summed E-state index contributed by atoms with van der Waals surface area (Å²) in [7, 11) is 0. The Kier molecular flexibility index (Phi) is 6.33. The molecule has 0 N–H and O–H groups in total. The summed E-state index contributed by atoms with van der Waals surface area (Å²) in [5.41, 5.74) is 2.27. The van der Waals surface area contributed by atoms with Gasteiger partial charge in [-0.1, -0.05) is 60.7 Å². The Bertz CT molecular complexity index is 821. The maximum Gasteiger partial charge on any atom is 0.325 e. The van der Waals surface area contributed by atoms with Gasteiger partial charge in [-0.05, 0) is 18.1 Å². The predicted molar refractivity (Wildman–Crippen MR) is 103 cm³/mol. The minimum atomic E-state index is -0.261. The van der Waals surface area contributed by atoms with Gasteiger partial charge in [0.1, 0.15) is 12.4 Å². The molecule has 0 aliphatic heterocycles. The maximum atomic E-state index is 12.0. The van der Waals surface area contributed by atoms with Crippen molar-refractivity contribution >= 4 is 22.6 Å². The largest absolute Gasteiger partial charge is 0.465 e. The lowest BCUT2D eigenvalue weighted by molar-refractivity contribution is -0.141. The lowest BCUT2D eigenvalue weighted by Crippen LogP contribution is -2.30. The van der Waals surface area contributed by atoms with E-state index in [2.05, 4.69) is 21.5 Å². The molecule has 26 heavy (non-hydrogen) atoms. The summed E-state index contributed by atoms with van der Waals surface area (Å²) in [6.07, 6.45) is 0.677. The Balaban J connectivity index is 1.76. The molecule has 5 nitrogen and oxygen atoms in total. The van der Waals surface area contributed by atoms with Crippen molar-refractivity contribution in [3.8, 4) is 0 Å². The van der Waals surface area contributed by atoms with Gasteiger partial charge in [0.15, 0.2) is 0 Å². The quantitative estimate of drug-likeness (QED) is 0.568. The van der Waals surface area contributed by atoms with Crippen molar-refractivity contribution in [3.63, 3.8) is 0 Å². The number of rotatable bonds is 8. The second-order valence-electron chi connectivity index (χ2n) is 5.80. The molecular formula is C20H21N3O2S. The van der Waals surface area contributed by atoms with Crippen LogP contribution in [0.25, 0.3) is 0 Å². The molecule has 0 bridgehead atoms. The third-order valence-corrected chi connectivity index (χ3v) is 4.59. The zero-order chi connectivity index (χ0) is 18.2. The summed E-state index contributed by atoms with van der Waals surface area (Å²) in [5, 5.41) is 0.729. The van der Waals surface area contributed by atoms with E-state index < -0.39 is 0 Å². The van der Waals surface area contributed by atoms with Gasteiger partial charge < -0.3 is 9.64 Å². The van der Waals surface area contributed by atoms with E-state index in [1.807, 2.05) is 60.4 Å². The third-order valence-electron chi connectivity index (χ3n) is 3.77. The molecule has 3 rings (SSSR count). The van der Waals surface area contributed by atoms with Crippen molar-refractivity contribution in [2.24, 2.45) is 0 Å². The van der Waals surface area contributed by atoms with Crippen LogP contribution in [0, 0.1) is 0 Å².